The first-order valence-corrected chi connectivity index (χ1v) is 10.9. The van der Waals surface area contributed by atoms with Crippen LogP contribution >= 0.6 is 0 Å². The minimum atomic E-state index is -0.794. The molecule has 1 fully saturated rings. The molecule has 0 unspecified atom stereocenters. The summed E-state index contributed by atoms with van der Waals surface area (Å²) in [4.78, 5) is 45.4. The summed E-state index contributed by atoms with van der Waals surface area (Å²) in [5, 5.41) is 6.49. The van der Waals surface area contributed by atoms with Crippen LogP contribution < -0.4 is 10.6 Å². The highest BCUT2D eigenvalue weighted by Gasteiger charge is 2.22. The van der Waals surface area contributed by atoms with Gasteiger partial charge < -0.3 is 20.1 Å². The number of fused-ring (bicyclic) bond motifs is 1. The maximum Gasteiger partial charge on any atom is 0.347 e. The zero-order valence-corrected chi connectivity index (χ0v) is 18.3. The molecule has 0 spiro atoms. The molecule has 1 aliphatic rings. The average Bonchev–Trinajstić information content (AvgIpc) is 2.80. The summed E-state index contributed by atoms with van der Waals surface area (Å²) >= 11 is 0. The van der Waals surface area contributed by atoms with Crippen LogP contribution in [0.25, 0.3) is 10.9 Å². The Labute approximate surface area is 186 Å². The lowest BCUT2D eigenvalue weighted by Gasteiger charge is -2.20. The highest BCUT2D eigenvalue weighted by Crippen LogP contribution is 2.27. The van der Waals surface area contributed by atoms with Gasteiger partial charge in [-0.15, -0.1) is 0 Å². The Bertz CT molecular complexity index is 995. The smallest absolute Gasteiger partial charge is 0.347 e. The molecular weight excluding hydrogens is 412 g/mol. The topological polar surface area (TPSA) is 120 Å². The molecule has 32 heavy (non-hydrogen) atoms. The van der Waals surface area contributed by atoms with E-state index in [1.54, 1.807) is 32.0 Å². The second-order valence-corrected chi connectivity index (χ2v) is 7.42. The molecule has 2 aromatic rings. The Balaban J connectivity index is 1.84. The van der Waals surface area contributed by atoms with Crippen molar-refractivity contribution in [2.24, 2.45) is 5.92 Å². The zero-order valence-electron chi connectivity index (χ0n) is 18.3. The number of rotatable bonds is 8. The molecule has 9 heteroatoms. The number of anilines is 2. The van der Waals surface area contributed by atoms with E-state index < -0.39 is 11.9 Å². The number of esters is 2. The van der Waals surface area contributed by atoms with Crippen molar-refractivity contribution in [3.63, 3.8) is 0 Å². The summed E-state index contributed by atoms with van der Waals surface area (Å²) in [5.41, 5.74) is 0.994. The van der Waals surface area contributed by atoms with Crippen LogP contribution in [-0.2, 0) is 23.9 Å². The summed E-state index contributed by atoms with van der Waals surface area (Å²) in [6.07, 6.45) is 7.73. The molecule has 1 aromatic carbocycles. The minimum Gasteiger partial charge on any atom is -0.462 e. The number of aromatic nitrogens is 2. The van der Waals surface area contributed by atoms with E-state index in [0.29, 0.717) is 22.4 Å². The predicted molar refractivity (Wildman–Crippen MR) is 120 cm³/mol. The zero-order chi connectivity index (χ0) is 22.9. The Kier molecular flexibility index (Phi) is 8.13. The first-order valence-electron chi connectivity index (χ1n) is 10.9. The Hall–Kier alpha value is -3.49. The first kappa shape index (κ1) is 23.2. The SMILES string of the molecule is CCOC(=O)C(=CNc1ncnc2ccc(NC(=O)C3CCCCC3)cc12)C(=O)OCC. The van der Waals surface area contributed by atoms with E-state index in [2.05, 4.69) is 20.6 Å². The summed E-state index contributed by atoms with van der Waals surface area (Å²) in [5.74, 6) is -1.17. The van der Waals surface area contributed by atoms with Gasteiger partial charge in [-0.3, -0.25) is 4.79 Å². The van der Waals surface area contributed by atoms with E-state index in [1.807, 2.05) is 0 Å². The van der Waals surface area contributed by atoms with Gasteiger partial charge in [0.15, 0.2) is 5.57 Å². The van der Waals surface area contributed by atoms with Gasteiger partial charge in [-0.1, -0.05) is 19.3 Å². The summed E-state index contributed by atoms with van der Waals surface area (Å²) < 4.78 is 9.88. The van der Waals surface area contributed by atoms with Crippen LogP contribution in [0.15, 0.2) is 36.3 Å². The van der Waals surface area contributed by atoms with Crippen LogP contribution in [0.4, 0.5) is 11.5 Å². The van der Waals surface area contributed by atoms with Gasteiger partial charge in [-0.05, 0) is 44.9 Å². The van der Waals surface area contributed by atoms with Crippen LogP contribution in [0.1, 0.15) is 46.0 Å². The van der Waals surface area contributed by atoms with Crippen LogP contribution in [0.5, 0.6) is 0 Å². The molecule has 9 nitrogen and oxygen atoms in total. The molecular formula is C23H28N4O5. The fourth-order valence-electron chi connectivity index (χ4n) is 3.62. The van der Waals surface area contributed by atoms with Crippen molar-refractivity contribution in [3.05, 3.63) is 36.3 Å². The lowest BCUT2D eigenvalue weighted by atomic mass is 9.88. The summed E-state index contributed by atoms with van der Waals surface area (Å²) in [7, 11) is 0. The van der Waals surface area contributed by atoms with Crippen LogP contribution in [-0.4, -0.2) is 41.0 Å². The van der Waals surface area contributed by atoms with E-state index in [-0.39, 0.29) is 30.6 Å². The van der Waals surface area contributed by atoms with Gasteiger partial charge in [0.2, 0.25) is 5.91 Å². The fourth-order valence-corrected chi connectivity index (χ4v) is 3.62. The van der Waals surface area contributed by atoms with Gasteiger partial charge in [0.25, 0.3) is 0 Å². The monoisotopic (exact) mass is 440 g/mol. The number of ether oxygens (including phenoxy) is 2. The maximum absolute atomic E-state index is 12.6. The van der Waals surface area contributed by atoms with Crippen molar-refractivity contribution in [3.8, 4) is 0 Å². The van der Waals surface area contributed by atoms with Gasteiger partial charge in [-0.25, -0.2) is 19.6 Å². The van der Waals surface area contributed by atoms with Crippen LogP contribution in [0.2, 0.25) is 0 Å². The van der Waals surface area contributed by atoms with Crippen LogP contribution in [0.3, 0.4) is 0 Å². The molecule has 0 aliphatic heterocycles. The largest absolute Gasteiger partial charge is 0.462 e. The highest BCUT2D eigenvalue weighted by molar-refractivity contribution is 6.14. The fraction of sp³-hybridized carbons (Fsp3) is 0.435. The molecule has 0 saturated heterocycles. The highest BCUT2D eigenvalue weighted by atomic mass is 16.6. The molecule has 1 amide bonds. The summed E-state index contributed by atoms with van der Waals surface area (Å²) in [6.45, 7) is 3.54. The first-order chi connectivity index (χ1) is 15.5. The molecule has 1 heterocycles. The molecule has 0 bridgehead atoms. The van der Waals surface area contributed by atoms with E-state index in [9.17, 15) is 14.4 Å². The van der Waals surface area contributed by atoms with E-state index in [1.165, 1.54) is 18.9 Å². The van der Waals surface area contributed by atoms with Crippen molar-refractivity contribution in [2.75, 3.05) is 23.8 Å². The number of hydrogen-bond donors (Lipinski definition) is 2. The molecule has 170 valence electrons. The molecule has 0 atom stereocenters. The van der Waals surface area contributed by atoms with Crippen molar-refractivity contribution in [2.45, 2.75) is 46.0 Å². The number of amides is 1. The Morgan fingerprint density at radius 1 is 1.03 bits per heavy atom. The van der Waals surface area contributed by atoms with Gasteiger partial charge in [0, 0.05) is 23.2 Å². The Morgan fingerprint density at radius 3 is 2.38 bits per heavy atom. The molecule has 1 aromatic heterocycles. The van der Waals surface area contributed by atoms with Gasteiger partial charge in [-0.2, -0.15) is 0 Å². The quantitative estimate of drug-likeness (QED) is 0.277. The normalized spacial score (nSPS) is 13.8. The summed E-state index contributed by atoms with van der Waals surface area (Å²) in [6, 6.07) is 5.33. The average molecular weight is 441 g/mol. The maximum atomic E-state index is 12.6. The Morgan fingerprint density at radius 2 is 1.72 bits per heavy atom. The third-order valence-corrected chi connectivity index (χ3v) is 5.22. The lowest BCUT2D eigenvalue weighted by Crippen LogP contribution is -2.24. The third kappa shape index (κ3) is 5.81. The van der Waals surface area contributed by atoms with Crippen molar-refractivity contribution < 1.29 is 23.9 Å². The number of carbonyl (C=O) groups excluding carboxylic acids is 3. The molecule has 1 aliphatic carbocycles. The van der Waals surface area contributed by atoms with Gasteiger partial charge >= 0.3 is 11.9 Å². The van der Waals surface area contributed by atoms with E-state index in [0.717, 1.165) is 25.7 Å². The van der Waals surface area contributed by atoms with Gasteiger partial charge in [0.1, 0.15) is 12.1 Å². The van der Waals surface area contributed by atoms with Gasteiger partial charge in [0.05, 0.1) is 18.7 Å². The molecule has 0 radical (unpaired) electrons. The standard InChI is InChI=1S/C23H28N4O5/c1-3-31-22(29)18(23(30)32-4-2)13-24-20-17-12-16(10-11-19(17)25-14-26-20)27-21(28)15-8-6-5-7-9-15/h10-15H,3-9H2,1-2H3,(H,27,28)(H,24,25,26). The number of hydrogen-bond acceptors (Lipinski definition) is 8. The van der Waals surface area contributed by atoms with Crippen molar-refractivity contribution in [1.29, 1.82) is 0 Å². The van der Waals surface area contributed by atoms with E-state index >= 15 is 0 Å². The second kappa shape index (κ2) is 11.2. The second-order valence-electron chi connectivity index (χ2n) is 7.42. The molecule has 2 N–H and O–H groups in total. The number of benzene rings is 1. The van der Waals surface area contributed by atoms with Crippen molar-refractivity contribution in [1.82, 2.24) is 9.97 Å². The molecule has 1 saturated carbocycles. The van der Waals surface area contributed by atoms with Crippen molar-refractivity contribution >= 4 is 40.3 Å². The number of carbonyl (C=O) groups is 3. The lowest BCUT2D eigenvalue weighted by molar-refractivity contribution is -0.146. The predicted octanol–water partition coefficient (Wildman–Crippen LogP) is 3.57. The van der Waals surface area contributed by atoms with Crippen LogP contribution in [0, 0.1) is 5.92 Å². The third-order valence-electron chi connectivity index (χ3n) is 5.22. The number of nitrogens with zero attached hydrogens (tertiary/aromatic N) is 2. The van der Waals surface area contributed by atoms with E-state index in [4.69, 9.17) is 9.47 Å². The number of nitrogens with one attached hydrogen (secondary N) is 2. The molecule has 3 rings (SSSR count). The minimum absolute atomic E-state index is 0.0159.